The molecule has 0 aliphatic heterocycles. The van der Waals surface area contributed by atoms with Crippen molar-refractivity contribution < 1.29 is 1.37 Å². The van der Waals surface area contributed by atoms with E-state index in [-0.39, 0.29) is 0 Å². The molecule has 0 aliphatic rings. The molecule has 0 radical (unpaired) electrons. The summed E-state index contributed by atoms with van der Waals surface area (Å²) in [5.41, 5.74) is 5.48. The molecule has 1 nitrogen and oxygen atoms in total. The summed E-state index contributed by atoms with van der Waals surface area (Å²) in [6.07, 6.45) is 1.81. The number of hydrogen-bond acceptors (Lipinski definition) is 2. The largest absolute Gasteiger partial charge is 0.256 e. The topological polar surface area (TPSA) is 12.9 Å². The van der Waals surface area contributed by atoms with Crippen LogP contribution in [0.25, 0.3) is 42.6 Å². The molecule has 5 rings (SSSR count). The zero-order valence-corrected chi connectivity index (χ0v) is 16.8. The molecule has 0 atom stereocenters. The van der Waals surface area contributed by atoms with Crippen LogP contribution in [0.3, 0.4) is 0 Å². The predicted molar refractivity (Wildman–Crippen MR) is 122 cm³/mol. The van der Waals surface area contributed by atoms with Crippen molar-refractivity contribution in [3.63, 3.8) is 0 Å². The number of aromatic nitrogens is 1. The molecule has 0 aliphatic carbocycles. The maximum atomic E-state index is 8.31. The van der Waals surface area contributed by atoms with Gasteiger partial charge in [0.2, 0.25) is 0 Å². The molecule has 5 aromatic rings. The van der Waals surface area contributed by atoms with E-state index in [1.807, 2.05) is 49.6 Å². The number of thiophene rings is 1. The highest BCUT2D eigenvalue weighted by atomic mass is 32.1. The lowest BCUT2D eigenvalue weighted by molar-refractivity contribution is 0.864. The van der Waals surface area contributed by atoms with Gasteiger partial charge in [0.25, 0.3) is 0 Å². The van der Waals surface area contributed by atoms with E-state index in [0.29, 0.717) is 0 Å². The molecule has 3 aromatic carbocycles. The van der Waals surface area contributed by atoms with Crippen molar-refractivity contribution in [2.24, 2.45) is 0 Å². The Morgan fingerprint density at radius 1 is 0.750 bits per heavy atom. The average molecular weight is 381 g/mol. The molecule has 0 spiro atoms. The third-order valence-electron chi connectivity index (χ3n) is 5.21. The van der Waals surface area contributed by atoms with Crippen molar-refractivity contribution in [2.75, 3.05) is 0 Å². The van der Waals surface area contributed by atoms with E-state index in [1.54, 1.807) is 0 Å². The summed E-state index contributed by atoms with van der Waals surface area (Å²) in [4.78, 5) is 4.57. The predicted octanol–water partition coefficient (Wildman–Crippen LogP) is 7.91. The minimum Gasteiger partial charge on any atom is -0.256 e. The van der Waals surface area contributed by atoms with Gasteiger partial charge in [-0.15, -0.1) is 11.3 Å². The highest BCUT2D eigenvalue weighted by molar-refractivity contribution is 7.25. The Morgan fingerprint density at radius 3 is 2.39 bits per heavy atom. The number of benzene rings is 3. The minimum atomic E-state index is -0.634. The smallest absolute Gasteiger partial charge is 0.0705 e. The summed E-state index contributed by atoms with van der Waals surface area (Å²) in [6, 6.07) is 27.8. The van der Waals surface area contributed by atoms with Crippen LogP contribution in [-0.2, 0) is 0 Å². The van der Waals surface area contributed by atoms with Gasteiger partial charge in [-0.05, 0) is 52.9 Å². The summed E-state index contributed by atoms with van der Waals surface area (Å²) in [5.74, 6) is -0.634. The van der Waals surface area contributed by atoms with Crippen molar-refractivity contribution in [3.8, 4) is 22.4 Å². The Bertz CT molecular complexity index is 1330. The van der Waals surface area contributed by atoms with Crippen LogP contribution in [0.1, 0.15) is 26.7 Å². The molecule has 0 saturated carbocycles. The SMILES string of the molecule is [2H]C(C)(C)c1ccnc(-c2ccc3sc4cc(-c5ccccc5)ccc4c3c2)c1. The van der Waals surface area contributed by atoms with Crippen LogP contribution in [0.4, 0.5) is 0 Å². The molecule has 0 amide bonds. The molecule has 28 heavy (non-hydrogen) atoms. The lowest BCUT2D eigenvalue weighted by Gasteiger charge is -2.07. The quantitative estimate of drug-likeness (QED) is 0.310. The monoisotopic (exact) mass is 380 g/mol. The molecule has 2 heterocycles. The minimum absolute atomic E-state index is 0.634. The van der Waals surface area contributed by atoms with Crippen LogP contribution in [0, 0.1) is 0 Å². The summed E-state index contributed by atoms with van der Waals surface area (Å²) < 4.78 is 10.9. The van der Waals surface area contributed by atoms with Gasteiger partial charge < -0.3 is 0 Å². The summed E-state index contributed by atoms with van der Waals surface area (Å²) in [6.45, 7) is 3.82. The molecule has 0 fully saturated rings. The molecule has 2 aromatic heterocycles. The van der Waals surface area contributed by atoms with Gasteiger partial charge in [-0.25, -0.2) is 0 Å². The van der Waals surface area contributed by atoms with E-state index in [9.17, 15) is 0 Å². The van der Waals surface area contributed by atoms with Crippen LogP contribution in [-0.4, -0.2) is 4.98 Å². The lowest BCUT2D eigenvalue weighted by atomic mass is 10.00. The average Bonchev–Trinajstić information content (AvgIpc) is 3.11. The summed E-state index contributed by atoms with van der Waals surface area (Å²) in [5, 5.41) is 2.54. The van der Waals surface area contributed by atoms with E-state index in [4.69, 9.17) is 1.37 Å². The van der Waals surface area contributed by atoms with Gasteiger partial charge >= 0.3 is 0 Å². The first-order chi connectivity index (χ1) is 14.0. The number of rotatable bonds is 3. The second-order valence-corrected chi connectivity index (χ2v) is 8.40. The van der Waals surface area contributed by atoms with Crippen LogP contribution >= 0.6 is 11.3 Å². The van der Waals surface area contributed by atoms with Gasteiger partial charge in [0.05, 0.1) is 5.69 Å². The van der Waals surface area contributed by atoms with E-state index in [0.717, 1.165) is 16.8 Å². The van der Waals surface area contributed by atoms with Crippen molar-refractivity contribution in [3.05, 3.63) is 90.6 Å². The molecule has 136 valence electrons. The second-order valence-electron chi connectivity index (χ2n) is 7.32. The highest BCUT2D eigenvalue weighted by Crippen LogP contribution is 2.38. The first kappa shape index (κ1) is 16.0. The number of hydrogen-bond donors (Lipinski definition) is 0. The van der Waals surface area contributed by atoms with Gasteiger partial charge in [0.15, 0.2) is 0 Å². The van der Waals surface area contributed by atoms with Crippen LogP contribution in [0.15, 0.2) is 85.1 Å². The van der Waals surface area contributed by atoms with Crippen molar-refractivity contribution in [1.82, 2.24) is 4.98 Å². The highest BCUT2D eigenvalue weighted by Gasteiger charge is 2.10. The fraction of sp³-hybridized carbons (Fsp3) is 0.115. The summed E-state index contributed by atoms with van der Waals surface area (Å²) in [7, 11) is 0. The lowest BCUT2D eigenvalue weighted by Crippen LogP contribution is -1.90. The zero-order valence-electron chi connectivity index (χ0n) is 16.9. The van der Waals surface area contributed by atoms with E-state index in [1.165, 1.54) is 31.3 Å². The van der Waals surface area contributed by atoms with Gasteiger partial charge in [-0.1, -0.05) is 62.4 Å². The molecular weight excluding hydrogens is 358 g/mol. The van der Waals surface area contributed by atoms with Crippen LogP contribution < -0.4 is 0 Å². The maximum Gasteiger partial charge on any atom is 0.0705 e. The van der Waals surface area contributed by atoms with Gasteiger partial charge in [0.1, 0.15) is 0 Å². The standard InChI is InChI=1S/C26H21NS/c1-17(2)19-12-13-27-24(15-19)21-9-11-25-23(14-21)22-10-8-20(16-26(22)28-25)18-6-4-3-5-7-18/h3-17H,1-2H3/i17D. The Hall–Kier alpha value is -2.97. The Balaban J connectivity index is 1.63. The van der Waals surface area contributed by atoms with Crippen molar-refractivity contribution >= 4 is 31.5 Å². The van der Waals surface area contributed by atoms with Crippen LogP contribution in [0.5, 0.6) is 0 Å². The van der Waals surface area contributed by atoms with Gasteiger partial charge in [-0.3, -0.25) is 4.98 Å². The van der Waals surface area contributed by atoms with Gasteiger partial charge in [0, 0.05) is 33.3 Å². The third kappa shape index (κ3) is 3.00. The fourth-order valence-corrected chi connectivity index (χ4v) is 4.77. The van der Waals surface area contributed by atoms with E-state index < -0.39 is 5.89 Å². The van der Waals surface area contributed by atoms with Crippen molar-refractivity contribution in [1.29, 1.82) is 0 Å². The molecule has 0 bridgehead atoms. The Morgan fingerprint density at radius 2 is 1.57 bits per heavy atom. The number of fused-ring (bicyclic) bond motifs is 3. The Kier molecular flexibility index (Phi) is 3.94. The number of pyridine rings is 1. The van der Waals surface area contributed by atoms with Crippen LogP contribution in [0.2, 0.25) is 0 Å². The molecule has 0 N–H and O–H groups in total. The molecule has 2 heteroatoms. The zero-order chi connectivity index (χ0) is 20.0. The fourth-order valence-electron chi connectivity index (χ4n) is 3.65. The molecular formula is C26H21NS. The first-order valence-corrected chi connectivity index (χ1v) is 10.3. The van der Waals surface area contributed by atoms with E-state index in [2.05, 4.69) is 65.6 Å². The maximum absolute atomic E-state index is 8.31. The molecule has 0 unspecified atom stereocenters. The Labute approximate surface area is 170 Å². The second kappa shape index (κ2) is 6.88. The normalized spacial score (nSPS) is 12.4. The van der Waals surface area contributed by atoms with Gasteiger partial charge in [-0.2, -0.15) is 0 Å². The van der Waals surface area contributed by atoms with Crippen molar-refractivity contribution in [2.45, 2.75) is 19.7 Å². The summed E-state index contributed by atoms with van der Waals surface area (Å²) >= 11 is 1.83. The van der Waals surface area contributed by atoms with E-state index >= 15 is 0 Å². The third-order valence-corrected chi connectivity index (χ3v) is 6.35. The molecule has 0 saturated heterocycles. The number of nitrogens with zero attached hydrogens (tertiary/aromatic N) is 1. The first-order valence-electron chi connectivity index (χ1n) is 9.98.